The summed E-state index contributed by atoms with van der Waals surface area (Å²) in [5.41, 5.74) is 1.24. The highest BCUT2D eigenvalue weighted by molar-refractivity contribution is 6.04. The Morgan fingerprint density at radius 3 is 2.62 bits per heavy atom. The first kappa shape index (κ1) is 20.6. The number of benzene rings is 2. The number of aromatic nitrogens is 3. The molecule has 32 heavy (non-hydrogen) atoms. The lowest BCUT2D eigenvalue weighted by molar-refractivity contribution is 0.102. The minimum atomic E-state index is -0.824. The van der Waals surface area contributed by atoms with Gasteiger partial charge >= 0.3 is 6.16 Å². The summed E-state index contributed by atoms with van der Waals surface area (Å²) >= 11 is 0. The summed E-state index contributed by atoms with van der Waals surface area (Å²) in [6, 6.07) is 19.2. The maximum Gasteiger partial charge on any atom is 0.513 e. The second-order valence-electron chi connectivity index (χ2n) is 6.56. The minimum absolute atomic E-state index is 0.190. The zero-order valence-corrected chi connectivity index (χ0v) is 17.0. The van der Waals surface area contributed by atoms with Gasteiger partial charge in [0.05, 0.1) is 18.3 Å². The second kappa shape index (κ2) is 8.97. The molecule has 1 N–H and O–H groups in total. The van der Waals surface area contributed by atoms with Gasteiger partial charge in [-0.1, -0.05) is 18.2 Å². The molecule has 0 atom stereocenters. The lowest BCUT2D eigenvalue weighted by Gasteiger charge is -2.10. The average molecular weight is 427 g/mol. The highest BCUT2D eigenvalue weighted by atomic mass is 16.7. The van der Waals surface area contributed by atoms with Crippen LogP contribution in [0.4, 0.5) is 10.6 Å². The lowest BCUT2D eigenvalue weighted by Crippen LogP contribution is -2.16. The third-order valence-electron chi connectivity index (χ3n) is 4.50. The SMILES string of the molecule is CCOC(=O)Oc1ccc(C(=O)Nc2c(C#N)cnn2-c2ccc3ccccc3n2)cc1. The number of carbonyl (C=O) groups is 2. The maximum atomic E-state index is 12.8. The van der Waals surface area contributed by atoms with Crippen molar-refractivity contribution >= 4 is 28.8 Å². The fourth-order valence-electron chi connectivity index (χ4n) is 3.00. The Labute approximate surface area is 182 Å². The van der Waals surface area contributed by atoms with Crippen LogP contribution >= 0.6 is 0 Å². The third-order valence-corrected chi connectivity index (χ3v) is 4.50. The number of ether oxygens (including phenoxy) is 2. The van der Waals surface area contributed by atoms with Crippen LogP contribution in [0.5, 0.6) is 5.75 Å². The van der Waals surface area contributed by atoms with Crippen molar-refractivity contribution in [2.24, 2.45) is 0 Å². The first-order valence-electron chi connectivity index (χ1n) is 9.69. The van der Waals surface area contributed by atoms with Gasteiger partial charge in [-0.05, 0) is 49.4 Å². The number of nitriles is 1. The Hall–Kier alpha value is -4.71. The topological polar surface area (TPSA) is 119 Å². The first-order valence-corrected chi connectivity index (χ1v) is 9.69. The van der Waals surface area contributed by atoms with E-state index in [0.29, 0.717) is 11.4 Å². The molecule has 0 radical (unpaired) electrons. The molecule has 0 aliphatic rings. The highest BCUT2D eigenvalue weighted by Crippen LogP contribution is 2.22. The van der Waals surface area contributed by atoms with E-state index in [9.17, 15) is 14.9 Å². The molecule has 0 unspecified atom stereocenters. The number of fused-ring (bicyclic) bond motifs is 1. The van der Waals surface area contributed by atoms with E-state index in [1.807, 2.05) is 36.4 Å². The van der Waals surface area contributed by atoms with Gasteiger partial charge in [-0.15, -0.1) is 0 Å². The lowest BCUT2D eigenvalue weighted by atomic mass is 10.2. The number of hydrogen-bond donors (Lipinski definition) is 1. The summed E-state index contributed by atoms with van der Waals surface area (Å²) in [7, 11) is 0. The second-order valence-corrected chi connectivity index (χ2v) is 6.56. The van der Waals surface area contributed by atoms with Crippen LogP contribution in [0.2, 0.25) is 0 Å². The van der Waals surface area contributed by atoms with E-state index in [1.54, 1.807) is 13.0 Å². The number of hydrogen-bond acceptors (Lipinski definition) is 7. The molecule has 2 heterocycles. The number of nitrogens with one attached hydrogen (secondary N) is 1. The Balaban J connectivity index is 1.59. The van der Waals surface area contributed by atoms with Crippen molar-refractivity contribution < 1.29 is 19.1 Å². The van der Waals surface area contributed by atoms with Crippen molar-refractivity contribution in [3.63, 3.8) is 0 Å². The van der Waals surface area contributed by atoms with Crippen LogP contribution in [-0.2, 0) is 4.74 Å². The molecular weight excluding hydrogens is 410 g/mol. The van der Waals surface area contributed by atoms with E-state index < -0.39 is 12.1 Å². The fourth-order valence-corrected chi connectivity index (χ4v) is 3.00. The van der Waals surface area contributed by atoms with Crippen LogP contribution in [0, 0.1) is 11.3 Å². The standard InChI is InChI=1S/C23H17N5O4/c1-2-31-23(30)32-18-10-7-16(8-11-18)22(29)27-21-17(13-24)14-25-28(21)20-12-9-15-5-3-4-6-19(15)26-20/h3-12,14H,2H2,1H3,(H,27,29). The fraction of sp³-hybridized carbons (Fsp3) is 0.0870. The average Bonchev–Trinajstić information content (AvgIpc) is 3.21. The summed E-state index contributed by atoms with van der Waals surface area (Å²) < 4.78 is 11.1. The molecule has 0 saturated carbocycles. The number of pyridine rings is 1. The molecule has 0 aliphatic carbocycles. The monoisotopic (exact) mass is 427 g/mol. The van der Waals surface area contributed by atoms with Gasteiger partial charge in [0, 0.05) is 10.9 Å². The van der Waals surface area contributed by atoms with E-state index >= 15 is 0 Å². The van der Waals surface area contributed by atoms with E-state index in [0.717, 1.165) is 10.9 Å². The third kappa shape index (κ3) is 4.24. The van der Waals surface area contributed by atoms with Crippen molar-refractivity contribution in [3.8, 4) is 17.6 Å². The van der Waals surface area contributed by atoms with Gasteiger partial charge in [0.2, 0.25) is 0 Å². The molecule has 0 bridgehead atoms. The Kier molecular flexibility index (Phi) is 5.76. The molecule has 9 nitrogen and oxygen atoms in total. The number of para-hydroxylation sites is 1. The van der Waals surface area contributed by atoms with Crippen LogP contribution in [-0.4, -0.2) is 33.4 Å². The summed E-state index contributed by atoms with van der Waals surface area (Å²) in [4.78, 5) is 28.8. The van der Waals surface area contributed by atoms with Gasteiger partial charge in [0.25, 0.3) is 5.91 Å². The van der Waals surface area contributed by atoms with Gasteiger partial charge in [0.1, 0.15) is 17.4 Å². The van der Waals surface area contributed by atoms with Crippen LogP contribution in [0.3, 0.4) is 0 Å². The first-order chi connectivity index (χ1) is 15.6. The zero-order valence-electron chi connectivity index (χ0n) is 17.0. The van der Waals surface area contributed by atoms with E-state index in [1.165, 1.54) is 35.1 Å². The molecule has 0 saturated heterocycles. The highest BCUT2D eigenvalue weighted by Gasteiger charge is 2.17. The number of amides is 1. The van der Waals surface area contributed by atoms with E-state index in [-0.39, 0.29) is 23.7 Å². The molecule has 9 heteroatoms. The van der Waals surface area contributed by atoms with Gasteiger partial charge in [-0.2, -0.15) is 15.0 Å². The smallest absolute Gasteiger partial charge is 0.434 e. The van der Waals surface area contributed by atoms with Crippen LogP contribution < -0.4 is 10.1 Å². The molecule has 158 valence electrons. The minimum Gasteiger partial charge on any atom is -0.434 e. The van der Waals surface area contributed by atoms with Crippen molar-refractivity contribution in [1.82, 2.24) is 14.8 Å². The van der Waals surface area contributed by atoms with E-state index in [4.69, 9.17) is 9.47 Å². The van der Waals surface area contributed by atoms with Gasteiger partial charge < -0.3 is 14.8 Å². The van der Waals surface area contributed by atoms with Crippen molar-refractivity contribution in [2.45, 2.75) is 6.92 Å². The summed E-state index contributed by atoms with van der Waals surface area (Å²) in [5, 5.41) is 17.4. The Bertz CT molecular complexity index is 1340. The normalized spacial score (nSPS) is 10.4. The van der Waals surface area contributed by atoms with Crippen molar-refractivity contribution in [1.29, 1.82) is 5.26 Å². The van der Waals surface area contributed by atoms with Crippen molar-refractivity contribution in [2.75, 3.05) is 11.9 Å². The number of rotatable bonds is 5. The summed E-state index contributed by atoms with van der Waals surface area (Å²) in [5.74, 6) is 0.431. The molecular formula is C23H17N5O4. The predicted molar refractivity (Wildman–Crippen MR) is 116 cm³/mol. The van der Waals surface area contributed by atoms with E-state index in [2.05, 4.69) is 15.4 Å². The van der Waals surface area contributed by atoms with Crippen LogP contribution in [0.1, 0.15) is 22.8 Å². The Morgan fingerprint density at radius 2 is 1.88 bits per heavy atom. The molecule has 0 aliphatic heterocycles. The molecule has 0 fully saturated rings. The largest absolute Gasteiger partial charge is 0.513 e. The summed E-state index contributed by atoms with van der Waals surface area (Å²) in [6.07, 6.45) is 0.540. The number of nitrogens with zero attached hydrogens (tertiary/aromatic N) is 4. The van der Waals surface area contributed by atoms with Gasteiger partial charge in [-0.3, -0.25) is 4.79 Å². The molecule has 0 spiro atoms. The van der Waals surface area contributed by atoms with Gasteiger partial charge in [-0.25, -0.2) is 9.78 Å². The molecule has 2 aromatic heterocycles. The molecule has 4 aromatic rings. The Morgan fingerprint density at radius 1 is 1.09 bits per heavy atom. The molecule has 2 aromatic carbocycles. The number of anilines is 1. The van der Waals surface area contributed by atoms with Gasteiger partial charge in [0.15, 0.2) is 11.6 Å². The molecule has 4 rings (SSSR count). The predicted octanol–water partition coefficient (Wildman–Crippen LogP) is 4.08. The van der Waals surface area contributed by atoms with Crippen molar-refractivity contribution in [3.05, 3.63) is 78.0 Å². The van der Waals surface area contributed by atoms with Crippen LogP contribution in [0.25, 0.3) is 16.7 Å². The maximum absolute atomic E-state index is 12.8. The zero-order chi connectivity index (χ0) is 22.5. The van der Waals surface area contributed by atoms with Crippen LogP contribution in [0.15, 0.2) is 66.9 Å². The summed E-state index contributed by atoms with van der Waals surface area (Å²) in [6.45, 7) is 1.86. The quantitative estimate of drug-likeness (QED) is 0.376. The number of carbonyl (C=O) groups excluding carboxylic acids is 2. The molecule has 1 amide bonds.